The smallest absolute Gasteiger partial charge is 0.425 e. The minimum Gasteiger partial charge on any atom is -0.488 e. The van der Waals surface area contributed by atoms with E-state index in [1.807, 2.05) is 6.07 Å². The van der Waals surface area contributed by atoms with Crippen LogP contribution in [0.1, 0.15) is 25.3 Å². The molecule has 0 bridgehead atoms. The number of ether oxygens (including phenoxy) is 2. The molecule has 2 aromatic rings. The quantitative estimate of drug-likeness (QED) is 0.627. The third kappa shape index (κ3) is 5.29. The van der Waals surface area contributed by atoms with Crippen molar-refractivity contribution in [2.75, 3.05) is 19.3 Å². The maximum Gasteiger partial charge on any atom is 0.425 e. The highest BCUT2D eigenvalue weighted by atomic mass is 32.2. The molecule has 2 atom stereocenters. The molecular weight excluding hydrogens is 473 g/mol. The Kier molecular flexibility index (Phi) is 6.50. The number of benzene rings is 1. The normalized spacial score (nSPS) is 19.9. The van der Waals surface area contributed by atoms with Crippen molar-refractivity contribution in [3.8, 4) is 17.0 Å². The number of carbonyl (C=O) groups excluding carboxylic acids is 1. The number of carbonyl (C=O) groups is 1. The largest absolute Gasteiger partial charge is 0.488 e. The van der Waals surface area contributed by atoms with Crippen LogP contribution in [0.5, 0.6) is 5.75 Å². The fourth-order valence-corrected chi connectivity index (χ4v) is 4.84. The third-order valence-electron chi connectivity index (χ3n) is 6.29. The lowest BCUT2D eigenvalue weighted by Crippen LogP contribution is -2.44. The molecule has 1 fully saturated rings. The second kappa shape index (κ2) is 9.09. The third-order valence-corrected chi connectivity index (χ3v) is 7.42. The predicted octanol–water partition coefficient (Wildman–Crippen LogP) is 4.26. The lowest BCUT2D eigenvalue weighted by Gasteiger charge is -2.34. The molecule has 0 aliphatic carbocycles. The number of rotatable bonds is 4. The number of hydrogen-bond acceptors (Lipinski definition) is 6. The second-order valence-corrected chi connectivity index (χ2v) is 10.7. The molecule has 2 aliphatic heterocycles. The molecule has 184 valence electrons. The molecule has 1 aromatic carbocycles. The molecule has 0 saturated carbocycles. The summed E-state index contributed by atoms with van der Waals surface area (Å²) in [5, 5.41) is 0. The second-order valence-electron chi connectivity index (χ2n) is 8.73. The summed E-state index contributed by atoms with van der Waals surface area (Å²) < 4.78 is 71.8. The van der Waals surface area contributed by atoms with Crippen molar-refractivity contribution in [2.45, 2.75) is 49.5 Å². The van der Waals surface area contributed by atoms with E-state index >= 15 is 0 Å². The standard InChI is InChI=1S/C23H25F3N2O5S/c1-14(23(24,25)26)32-22(29)28-9-7-16(8-10-28)20-12-17-11-19(27-13-21(17)33-20)15-3-5-18(6-4-15)34(2,30)31/h3-6,11,13-14,16,20H,7-10,12H2,1-2H3/t14-,20-/m1/s1. The summed E-state index contributed by atoms with van der Waals surface area (Å²) in [5.74, 6) is 0.830. The molecule has 7 nitrogen and oxygen atoms in total. The van der Waals surface area contributed by atoms with Crippen LogP contribution in [0, 0.1) is 5.92 Å². The lowest BCUT2D eigenvalue weighted by molar-refractivity contribution is -0.200. The summed E-state index contributed by atoms with van der Waals surface area (Å²) in [5.41, 5.74) is 2.49. The van der Waals surface area contributed by atoms with Gasteiger partial charge in [-0.2, -0.15) is 13.2 Å². The van der Waals surface area contributed by atoms with E-state index in [2.05, 4.69) is 9.72 Å². The Hall–Kier alpha value is -2.82. The first-order chi connectivity index (χ1) is 15.9. The van der Waals surface area contributed by atoms with E-state index in [1.54, 1.807) is 30.5 Å². The summed E-state index contributed by atoms with van der Waals surface area (Å²) in [4.78, 5) is 18.0. The van der Waals surface area contributed by atoms with E-state index in [1.165, 1.54) is 4.90 Å². The summed E-state index contributed by atoms with van der Waals surface area (Å²) in [6.45, 7) is 1.43. The van der Waals surface area contributed by atoms with Gasteiger partial charge >= 0.3 is 12.3 Å². The number of sulfone groups is 1. The van der Waals surface area contributed by atoms with Crippen LogP contribution < -0.4 is 4.74 Å². The highest BCUT2D eigenvalue weighted by Gasteiger charge is 2.41. The number of hydrogen-bond donors (Lipinski definition) is 0. The van der Waals surface area contributed by atoms with Crippen molar-refractivity contribution < 1.29 is 35.9 Å². The van der Waals surface area contributed by atoms with Gasteiger partial charge < -0.3 is 14.4 Å². The number of nitrogens with zero attached hydrogens (tertiary/aromatic N) is 2. The summed E-state index contributed by atoms with van der Waals surface area (Å²) in [7, 11) is -3.28. The minimum absolute atomic E-state index is 0.105. The number of pyridine rings is 1. The Labute approximate surface area is 195 Å². The van der Waals surface area contributed by atoms with Gasteiger partial charge in [-0.25, -0.2) is 13.2 Å². The van der Waals surface area contributed by atoms with Crippen molar-refractivity contribution in [2.24, 2.45) is 5.92 Å². The average Bonchev–Trinajstić information content (AvgIpc) is 3.21. The lowest BCUT2D eigenvalue weighted by atomic mass is 9.89. The maximum atomic E-state index is 12.6. The van der Waals surface area contributed by atoms with Gasteiger partial charge in [-0.1, -0.05) is 12.1 Å². The van der Waals surface area contributed by atoms with Gasteiger partial charge in [-0.3, -0.25) is 4.98 Å². The first kappa shape index (κ1) is 24.3. The van der Waals surface area contributed by atoms with Crippen molar-refractivity contribution in [3.63, 3.8) is 0 Å². The highest BCUT2D eigenvalue weighted by Crippen LogP contribution is 2.37. The van der Waals surface area contributed by atoms with Gasteiger partial charge in [-0.05, 0) is 43.9 Å². The Morgan fingerprint density at radius 2 is 1.85 bits per heavy atom. The Morgan fingerprint density at radius 3 is 2.44 bits per heavy atom. The topological polar surface area (TPSA) is 85.8 Å². The van der Waals surface area contributed by atoms with Crippen molar-refractivity contribution >= 4 is 15.9 Å². The molecule has 2 aliphatic rings. The van der Waals surface area contributed by atoms with Crippen LogP contribution in [-0.2, 0) is 21.0 Å². The molecule has 1 amide bonds. The first-order valence-electron chi connectivity index (χ1n) is 10.9. The van der Waals surface area contributed by atoms with E-state index in [9.17, 15) is 26.4 Å². The van der Waals surface area contributed by atoms with Crippen LogP contribution in [0.25, 0.3) is 11.3 Å². The van der Waals surface area contributed by atoms with Gasteiger partial charge in [0.15, 0.2) is 15.9 Å². The number of aromatic nitrogens is 1. The Balaban J connectivity index is 1.35. The summed E-state index contributed by atoms with van der Waals surface area (Å²) in [6, 6.07) is 8.45. The molecule has 11 heteroatoms. The SMILES string of the molecule is C[C@@H](OC(=O)N1CCC([C@H]2Cc3cc(-c4ccc(S(C)(=O)=O)cc4)ncc3O2)CC1)C(F)(F)F. The average molecular weight is 499 g/mol. The van der Waals surface area contributed by atoms with Crippen molar-refractivity contribution in [1.82, 2.24) is 9.88 Å². The summed E-state index contributed by atoms with van der Waals surface area (Å²) in [6.07, 6.45) is -3.12. The number of likely N-dealkylation sites (tertiary alicyclic amines) is 1. The number of halogens is 3. The highest BCUT2D eigenvalue weighted by molar-refractivity contribution is 7.90. The van der Waals surface area contributed by atoms with E-state index in [0.717, 1.165) is 24.3 Å². The fraction of sp³-hybridized carbons (Fsp3) is 0.478. The van der Waals surface area contributed by atoms with Gasteiger partial charge in [0.25, 0.3) is 0 Å². The van der Waals surface area contributed by atoms with E-state index in [-0.39, 0.29) is 16.9 Å². The Morgan fingerprint density at radius 1 is 1.21 bits per heavy atom. The van der Waals surface area contributed by atoms with Crippen LogP contribution in [0.3, 0.4) is 0 Å². The van der Waals surface area contributed by atoms with Crippen molar-refractivity contribution in [1.29, 1.82) is 0 Å². The van der Waals surface area contributed by atoms with Crippen LogP contribution >= 0.6 is 0 Å². The predicted molar refractivity (Wildman–Crippen MR) is 117 cm³/mol. The molecule has 0 spiro atoms. The summed E-state index contributed by atoms with van der Waals surface area (Å²) >= 11 is 0. The zero-order valence-electron chi connectivity index (χ0n) is 18.7. The molecule has 3 heterocycles. The number of piperidine rings is 1. The molecular formula is C23H25F3N2O5S. The monoisotopic (exact) mass is 498 g/mol. The molecule has 0 N–H and O–H groups in total. The van der Waals surface area contributed by atoms with Crippen LogP contribution in [0.2, 0.25) is 0 Å². The van der Waals surface area contributed by atoms with Crippen LogP contribution in [0.15, 0.2) is 41.4 Å². The number of fused-ring (bicyclic) bond motifs is 1. The zero-order chi connectivity index (χ0) is 24.7. The molecule has 34 heavy (non-hydrogen) atoms. The van der Waals surface area contributed by atoms with E-state index in [4.69, 9.17) is 4.74 Å². The number of amides is 1. The van der Waals surface area contributed by atoms with Crippen LogP contribution in [0.4, 0.5) is 18.0 Å². The molecule has 0 radical (unpaired) electrons. The van der Waals surface area contributed by atoms with Crippen LogP contribution in [-0.4, -0.2) is 62.1 Å². The van der Waals surface area contributed by atoms with Gasteiger partial charge in [0.2, 0.25) is 0 Å². The van der Waals surface area contributed by atoms with Gasteiger partial charge in [0.1, 0.15) is 11.9 Å². The van der Waals surface area contributed by atoms with E-state index in [0.29, 0.717) is 43.8 Å². The van der Waals surface area contributed by atoms with Gasteiger partial charge in [-0.15, -0.1) is 0 Å². The maximum absolute atomic E-state index is 12.6. The van der Waals surface area contributed by atoms with Gasteiger partial charge in [0.05, 0.1) is 16.8 Å². The fourth-order valence-electron chi connectivity index (χ4n) is 4.21. The first-order valence-corrected chi connectivity index (χ1v) is 12.8. The van der Waals surface area contributed by atoms with Gasteiger partial charge in [0, 0.05) is 36.9 Å². The minimum atomic E-state index is -4.58. The zero-order valence-corrected chi connectivity index (χ0v) is 19.5. The molecule has 4 rings (SSSR count). The van der Waals surface area contributed by atoms with Crippen molar-refractivity contribution in [3.05, 3.63) is 42.1 Å². The number of alkyl halides is 3. The molecule has 1 aromatic heterocycles. The van der Waals surface area contributed by atoms with E-state index < -0.39 is 28.2 Å². The molecule has 1 saturated heterocycles. The Bertz CT molecular complexity index is 1160. The molecule has 0 unspecified atom stereocenters.